The quantitative estimate of drug-likeness (QED) is 0.873. The van der Waals surface area contributed by atoms with Crippen LogP contribution < -0.4 is 5.32 Å². The van der Waals surface area contributed by atoms with Crippen molar-refractivity contribution in [3.8, 4) is 5.69 Å². The second kappa shape index (κ2) is 8.11. The predicted octanol–water partition coefficient (Wildman–Crippen LogP) is 2.07. The molecule has 1 N–H and O–H groups in total. The lowest BCUT2D eigenvalue weighted by Gasteiger charge is -2.26. The third kappa shape index (κ3) is 4.36. The number of hydrogen-bond acceptors (Lipinski definition) is 4. The molecule has 2 heterocycles. The maximum atomic E-state index is 12.4. The molecule has 134 valence electrons. The van der Waals surface area contributed by atoms with Crippen LogP contribution in [-0.4, -0.2) is 63.8 Å². The number of benzene rings is 1. The molecule has 0 radical (unpaired) electrons. The van der Waals surface area contributed by atoms with Gasteiger partial charge in [-0.1, -0.05) is 12.1 Å². The van der Waals surface area contributed by atoms with Crippen molar-refractivity contribution in [1.82, 2.24) is 29.9 Å². The normalized spacial score (nSPS) is 15.9. The molecule has 2 aromatic rings. The molecule has 25 heavy (non-hydrogen) atoms. The summed E-state index contributed by atoms with van der Waals surface area (Å²) in [6, 6.07) is 7.98. The Morgan fingerprint density at radius 3 is 2.64 bits per heavy atom. The van der Waals surface area contributed by atoms with Crippen molar-refractivity contribution in [1.29, 1.82) is 0 Å². The Hall–Kier alpha value is -2.41. The zero-order valence-corrected chi connectivity index (χ0v) is 14.9. The average Bonchev–Trinajstić information content (AvgIpc) is 3.34. The number of likely N-dealkylation sites (tertiary alicyclic amines) is 1. The first kappa shape index (κ1) is 17.4. The minimum absolute atomic E-state index is 0.00316. The van der Waals surface area contributed by atoms with E-state index in [2.05, 4.69) is 20.3 Å². The molecule has 1 aliphatic heterocycles. The number of nitrogens with zero attached hydrogens (tertiary/aromatic N) is 5. The smallest absolute Gasteiger partial charge is 0.317 e. The van der Waals surface area contributed by atoms with E-state index >= 15 is 0 Å². The third-order valence-corrected chi connectivity index (χ3v) is 4.86. The van der Waals surface area contributed by atoms with E-state index in [4.69, 9.17) is 0 Å². The number of urea groups is 1. The van der Waals surface area contributed by atoms with E-state index in [9.17, 15) is 4.79 Å². The first-order chi connectivity index (χ1) is 12.1. The SMILES string of the molecule is CC(c1ccc(-n2cncn2)cc1)N(C)C(=O)NCCN1CCCC1. The molecule has 1 fully saturated rings. The summed E-state index contributed by atoms with van der Waals surface area (Å²) in [6.45, 7) is 5.96. The van der Waals surface area contributed by atoms with Crippen LogP contribution in [0.3, 0.4) is 0 Å². The molecule has 1 aromatic heterocycles. The monoisotopic (exact) mass is 342 g/mol. The molecule has 1 aliphatic rings. The fourth-order valence-corrected chi connectivity index (χ4v) is 3.10. The Bertz CT molecular complexity index is 663. The zero-order valence-electron chi connectivity index (χ0n) is 14.9. The van der Waals surface area contributed by atoms with Gasteiger partial charge in [0.15, 0.2) is 0 Å². The largest absolute Gasteiger partial charge is 0.337 e. The molecule has 0 aliphatic carbocycles. The van der Waals surface area contributed by atoms with Gasteiger partial charge < -0.3 is 15.1 Å². The van der Waals surface area contributed by atoms with Crippen LogP contribution in [0.25, 0.3) is 5.69 Å². The molecule has 0 spiro atoms. The molecule has 1 saturated heterocycles. The summed E-state index contributed by atoms with van der Waals surface area (Å²) in [7, 11) is 1.83. The van der Waals surface area contributed by atoms with Crippen LogP contribution in [0.5, 0.6) is 0 Å². The molecule has 0 saturated carbocycles. The van der Waals surface area contributed by atoms with Crippen LogP contribution in [0.15, 0.2) is 36.9 Å². The molecule has 3 rings (SSSR count). The van der Waals surface area contributed by atoms with E-state index in [0.717, 1.165) is 30.9 Å². The van der Waals surface area contributed by atoms with Gasteiger partial charge in [0.1, 0.15) is 12.7 Å². The number of aromatic nitrogens is 3. The van der Waals surface area contributed by atoms with Gasteiger partial charge in [-0.15, -0.1) is 0 Å². The highest BCUT2D eigenvalue weighted by Gasteiger charge is 2.18. The van der Waals surface area contributed by atoms with Crippen molar-refractivity contribution in [2.24, 2.45) is 0 Å². The molecule has 1 aromatic carbocycles. The molecule has 0 bridgehead atoms. The lowest BCUT2D eigenvalue weighted by Crippen LogP contribution is -2.41. The molecule has 1 unspecified atom stereocenters. The Labute approximate surface area is 148 Å². The summed E-state index contributed by atoms with van der Waals surface area (Å²) in [4.78, 5) is 20.5. The summed E-state index contributed by atoms with van der Waals surface area (Å²) in [5.41, 5.74) is 2.03. The predicted molar refractivity (Wildman–Crippen MR) is 96.6 cm³/mol. The van der Waals surface area contributed by atoms with E-state index in [1.807, 2.05) is 38.2 Å². The highest BCUT2D eigenvalue weighted by Crippen LogP contribution is 2.20. The van der Waals surface area contributed by atoms with Gasteiger partial charge in [-0.3, -0.25) is 0 Å². The maximum absolute atomic E-state index is 12.4. The lowest BCUT2D eigenvalue weighted by molar-refractivity contribution is 0.192. The van der Waals surface area contributed by atoms with Crippen LogP contribution in [0.2, 0.25) is 0 Å². The molecule has 7 heteroatoms. The Kier molecular flexibility index (Phi) is 5.65. The van der Waals surface area contributed by atoms with Crippen molar-refractivity contribution >= 4 is 6.03 Å². The summed E-state index contributed by atoms with van der Waals surface area (Å²) in [6.07, 6.45) is 5.72. The second-order valence-electron chi connectivity index (χ2n) is 6.50. The van der Waals surface area contributed by atoms with Crippen molar-refractivity contribution < 1.29 is 4.79 Å². The number of carbonyl (C=O) groups is 1. The van der Waals surface area contributed by atoms with E-state index in [0.29, 0.717) is 6.54 Å². The fourth-order valence-electron chi connectivity index (χ4n) is 3.10. The highest BCUT2D eigenvalue weighted by atomic mass is 16.2. The van der Waals surface area contributed by atoms with Gasteiger partial charge in [0.2, 0.25) is 0 Å². The van der Waals surface area contributed by atoms with Crippen molar-refractivity contribution in [3.63, 3.8) is 0 Å². The second-order valence-corrected chi connectivity index (χ2v) is 6.50. The van der Waals surface area contributed by atoms with Gasteiger partial charge in [0.05, 0.1) is 11.7 Å². The lowest BCUT2D eigenvalue weighted by atomic mass is 10.1. The summed E-state index contributed by atoms with van der Waals surface area (Å²) in [5, 5.41) is 7.13. The summed E-state index contributed by atoms with van der Waals surface area (Å²) >= 11 is 0. The average molecular weight is 342 g/mol. The molecular weight excluding hydrogens is 316 g/mol. The molecule has 7 nitrogen and oxygen atoms in total. The minimum Gasteiger partial charge on any atom is -0.337 e. The van der Waals surface area contributed by atoms with Gasteiger partial charge in [0, 0.05) is 20.1 Å². The Morgan fingerprint density at radius 2 is 2.00 bits per heavy atom. The van der Waals surface area contributed by atoms with Crippen LogP contribution in [0, 0.1) is 0 Å². The summed E-state index contributed by atoms with van der Waals surface area (Å²) in [5.74, 6) is 0. The number of hydrogen-bond donors (Lipinski definition) is 1. The van der Waals surface area contributed by atoms with Crippen LogP contribution in [0.1, 0.15) is 31.4 Å². The van der Waals surface area contributed by atoms with Crippen LogP contribution in [0.4, 0.5) is 4.79 Å². The molecular formula is C18H26N6O. The van der Waals surface area contributed by atoms with Crippen LogP contribution in [-0.2, 0) is 0 Å². The van der Waals surface area contributed by atoms with Crippen molar-refractivity contribution in [2.45, 2.75) is 25.8 Å². The number of nitrogens with one attached hydrogen (secondary N) is 1. The molecule has 2 amide bonds. The first-order valence-corrected chi connectivity index (χ1v) is 8.83. The fraction of sp³-hybridized carbons (Fsp3) is 0.500. The Balaban J connectivity index is 1.52. The highest BCUT2D eigenvalue weighted by molar-refractivity contribution is 5.74. The van der Waals surface area contributed by atoms with Gasteiger partial charge in [0.25, 0.3) is 0 Å². The maximum Gasteiger partial charge on any atom is 0.317 e. The van der Waals surface area contributed by atoms with Gasteiger partial charge >= 0.3 is 6.03 Å². The number of rotatable bonds is 6. The number of amides is 2. The first-order valence-electron chi connectivity index (χ1n) is 8.83. The third-order valence-electron chi connectivity index (χ3n) is 4.86. The van der Waals surface area contributed by atoms with Gasteiger partial charge in [-0.2, -0.15) is 5.10 Å². The zero-order chi connectivity index (χ0) is 17.6. The van der Waals surface area contributed by atoms with E-state index in [1.165, 1.54) is 19.2 Å². The van der Waals surface area contributed by atoms with Crippen molar-refractivity contribution in [3.05, 3.63) is 42.5 Å². The van der Waals surface area contributed by atoms with E-state index in [-0.39, 0.29) is 12.1 Å². The van der Waals surface area contributed by atoms with E-state index in [1.54, 1.807) is 15.9 Å². The standard InChI is InChI=1S/C18H26N6O/c1-15(16-5-7-17(8-6-16)24-14-19-13-21-24)22(2)18(25)20-9-12-23-10-3-4-11-23/h5-8,13-15H,3-4,9-12H2,1-2H3,(H,20,25). The van der Waals surface area contributed by atoms with Crippen LogP contribution >= 0.6 is 0 Å². The minimum atomic E-state index is -0.0351. The Morgan fingerprint density at radius 1 is 1.28 bits per heavy atom. The van der Waals surface area contributed by atoms with E-state index < -0.39 is 0 Å². The topological polar surface area (TPSA) is 66.3 Å². The van der Waals surface area contributed by atoms with Crippen molar-refractivity contribution in [2.75, 3.05) is 33.2 Å². The summed E-state index contributed by atoms with van der Waals surface area (Å²) < 4.78 is 1.71. The number of carbonyl (C=O) groups excluding carboxylic acids is 1. The molecule has 1 atom stereocenters. The van der Waals surface area contributed by atoms with Gasteiger partial charge in [-0.05, 0) is 50.6 Å². The van der Waals surface area contributed by atoms with Gasteiger partial charge in [-0.25, -0.2) is 14.5 Å².